The van der Waals surface area contributed by atoms with Crippen LogP contribution < -0.4 is 10.3 Å². The second-order valence-electron chi connectivity index (χ2n) is 3.61. The number of aromatic nitrogens is 2. The number of fused-ring (bicyclic) bond motifs is 1. The lowest BCUT2D eigenvalue weighted by atomic mass is 10.2. The molecule has 2 rings (SSSR count). The van der Waals surface area contributed by atoms with Crippen molar-refractivity contribution in [2.45, 2.75) is 20.4 Å². The van der Waals surface area contributed by atoms with Crippen molar-refractivity contribution in [3.63, 3.8) is 0 Å². The molecule has 1 aromatic heterocycles. The number of carbonyl (C=O) groups excluding carboxylic acids is 1. The first kappa shape index (κ1) is 11.3. The van der Waals surface area contributed by atoms with E-state index in [2.05, 4.69) is 4.98 Å². The zero-order chi connectivity index (χ0) is 12.4. The Labute approximate surface area is 97.7 Å². The molecule has 5 nitrogen and oxygen atoms in total. The summed E-state index contributed by atoms with van der Waals surface area (Å²) in [5, 5.41) is 0. The van der Waals surface area contributed by atoms with Crippen LogP contribution in [0.1, 0.15) is 12.6 Å². The highest BCUT2D eigenvalue weighted by molar-refractivity contribution is 5.77. The van der Waals surface area contributed by atoms with Gasteiger partial charge in [0.15, 0.2) is 0 Å². The Morgan fingerprint density at radius 1 is 1.47 bits per heavy atom. The van der Waals surface area contributed by atoms with Gasteiger partial charge in [0.25, 0.3) is 12.0 Å². The summed E-state index contributed by atoms with van der Waals surface area (Å²) in [6, 6.07) is 5.01. The van der Waals surface area contributed by atoms with Gasteiger partial charge in [-0.2, -0.15) is 0 Å². The highest BCUT2D eigenvalue weighted by atomic mass is 16.5. The summed E-state index contributed by atoms with van der Waals surface area (Å²) in [5.41, 5.74) is 1.72. The van der Waals surface area contributed by atoms with Gasteiger partial charge in [-0.05, 0) is 26.0 Å². The molecule has 0 saturated heterocycles. The number of rotatable bonds is 3. The maximum absolute atomic E-state index is 11.8. The quantitative estimate of drug-likeness (QED) is 0.747. The van der Waals surface area contributed by atoms with Gasteiger partial charge >= 0.3 is 0 Å². The van der Waals surface area contributed by atoms with Gasteiger partial charge in [0.2, 0.25) is 0 Å². The van der Waals surface area contributed by atoms with Crippen LogP contribution in [0.25, 0.3) is 11.0 Å². The summed E-state index contributed by atoms with van der Waals surface area (Å²) in [5.74, 6) is 0.417. The van der Waals surface area contributed by atoms with Gasteiger partial charge < -0.3 is 9.30 Å². The molecule has 0 atom stereocenters. The van der Waals surface area contributed by atoms with E-state index >= 15 is 0 Å². The predicted octanol–water partition coefficient (Wildman–Crippen LogP) is 1.26. The smallest absolute Gasteiger partial charge is 0.298 e. The summed E-state index contributed by atoms with van der Waals surface area (Å²) in [4.78, 5) is 26.3. The average Bonchev–Trinajstić information content (AvgIpc) is 2.31. The van der Waals surface area contributed by atoms with Crippen molar-refractivity contribution in [2.75, 3.05) is 0 Å². The maximum Gasteiger partial charge on any atom is 0.298 e. The zero-order valence-electron chi connectivity index (χ0n) is 9.64. The molecule has 0 N–H and O–H groups in total. The van der Waals surface area contributed by atoms with Crippen LogP contribution in [0.15, 0.2) is 23.0 Å². The van der Waals surface area contributed by atoms with E-state index in [1.165, 1.54) is 0 Å². The molecule has 0 aliphatic rings. The van der Waals surface area contributed by atoms with E-state index in [-0.39, 0.29) is 5.56 Å². The van der Waals surface area contributed by atoms with Gasteiger partial charge in [0.05, 0.1) is 11.0 Å². The molecule has 0 aliphatic heterocycles. The normalized spacial score (nSPS) is 10.5. The number of hydrogen-bond donors (Lipinski definition) is 0. The first-order valence-electron chi connectivity index (χ1n) is 5.29. The second kappa shape index (κ2) is 4.37. The van der Waals surface area contributed by atoms with Crippen LogP contribution in [0.2, 0.25) is 0 Å². The lowest BCUT2D eigenvalue weighted by Gasteiger charge is -2.09. The van der Waals surface area contributed by atoms with Crippen LogP contribution in [0.3, 0.4) is 0 Å². The van der Waals surface area contributed by atoms with Crippen LogP contribution in [-0.2, 0) is 11.3 Å². The lowest BCUT2D eigenvalue weighted by Crippen LogP contribution is -2.23. The Morgan fingerprint density at radius 3 is 2.88 bits per heavy atom. The Hall–Kier alpha value is -2.17. The van der Waals surface area contributed by atoms with Crippen molar-refractivity contribution in [1.82, 2.24) is 9.55 Å². The van der Waals surface area contributed by atoms with E-state index in [0.717, 1.165) is 5.52 Å². The molecule has 1 aromatic carbocycles. The van der Waals surface area contributed by atoms with E-state index in [0.29, 0.717) is 30.0 Å². The molecule has 0 aliphatic carbocycles. The largest absolute Gasteiger partial charge is 0.429 e. The van der Waals surface area contributed by atoms with Crippen molar-refractivity contribution < 1.29 is 9.53 Å². The van der Waals surface area contributed by atoms with Crippen LogP contribution in [0.5, 0.6) is 5.75 Å². The highest BCUT2D eigenvalue weighted by Crippen LogP contribution is 2.18. The van der Waals surface area contributed by atoms with Gasteiger partial charge in [0.1, 0.15) is 11.4 Å². The van der Waals surface area contributed by atoms with E-state index in [1.807, 2.05) is 6.92 Å². The number of benzene rings is 1. The minimum absolute atomic E-state index is 0.0935. The Kier molecular flexibility index (Phi) is 2.91. The van der Waals surface area contributed by atoms with Gasteiger partial charge in [-0.25, -0.2) is 4.98 Å². The fraction of sp³-hybridized carbons (Fsp3) is 0.250. The first-order valence-corrected chi connectivity index (χ1v) is 5.29. The molecule has 2 aromatic rings. The first-order chi connectivity index (χ1) is 8.17. The third-order valence-corrected chi connectivity index (χ3v) is 2.58. The average molecular weight is 232 g/mol. The minimum atomic E-state index is -0.0935. The summed E-state index contributed by atoms with van der Waals surface area (Å²) in [6.45, 7) is 4.51. The van der Waals surface area contributed by atoms with Gasteiger partial charge in [-0.3, -0.25) is 9.59 Å². The van der Waals surface area contributed by atoms with Crippen molar-refractivity contribution in [2.24, 2.45) is 0 Å². The molecule has 88 valence electrons. The van der Waals surface area contributed by atoms with Gasteiger partial charge in [-0.1, -0.05) is 0 Å². The Bertz CT molecular complexity index is 631. The molecule has 0 fully saturated rings. The summed E-state index contributed by atoms with van der Waals surface area (Å²) in [7, 11) is 0. The van der Waals surface area contributed by atoms with E-state index in [1.54, 1.807) is 29.7 Å². The van der Waals surface area contributed by atoms with Gasteiger partial charge in [-0.15, -0.1) is 0 Å². The fourth-order valence-corrected chi connectivity index (χ4v) is 1.80. The number of carbonyl (C=O) groups is 1. The van der Waals surface area contributed by atoms with Crippen molar-refractivity contribution >= 4 is 17.5 Å². The number of hydrogen-bond acceptors (Lipinski definition) is 4. The number of ether oxygens (including phenoxy) is 1. The Morgan fingerprint density at radius 2 is 2.24 bits per heavy atom. The molecule has 0 bridgehead atoms. The fourth-order valence-electron chi connectivity index (χ4n) is 1.80. The topological polar surface area (TPSA) is 61.2 Å². The Balaban J connectivity index is 2.76. The third-order valence-electron chi connectivity index (χ3n) is 2.58. The maximum atomic E-state index is 11.8. The molecule has 0 saturated carbocycles. The second-order valence-corrected chi connectivity index (χ2v) is 3.61. The molecular weight excluding hydrogens is 220 g/mol. The van der Waals surface area contributed by atoms with Crippen LogP contribution in [-0.4, -0.2) is 16.0 Å². The zero-order valence-corrected chi connectivity index (χ0v) is 9.64. The molecule has 1 heterocycles. The van der Waals surface area contributed by atoms with Crippen molar-refractivity contribution in [3.05, 3.63) is 34.2 Å². The molecule has 0 spiro atoms. The van der Waals surface area contributed by atoms with Crippen molar-refractivity contribution in [1.29, 1.82) is 0 Å². The van der Waals surface area contributed by atoms with Crippen LogP contribution in [0, 0.1) is 6.92 Å². The third kappa shape index (κ3) is 1.91. The summed E-state index contributed by atoms with van der Waals surface area (Å²) >= 11 is 0. The van der Waals surface area contributed by atoms with E-state index < -0.39 is 0 Å². The number of aryl methyl sites for hydroxylation is 2. The van der Waals surface area contributed by atoms with Crippen LogP contribution >= 0.6 is 0 Å². The minimum Gasteiger partial charge on any atom is -0.429 e. The molecule has 5 heteroatoms. The monoisotopic (exact) mass is 232 g/mol. The standard InChI is InChI=1S/C12H12N2O3/c1-3-14-11-5-4-9(17-7-15)6-10(11)13-8(2)12(14)16/h4-7H,3H2,1-2H3. The van der Waals surface area contributed by atoms with Gasteiger partial charge in [0, 0.05) is 12.6 Å². The molecular formula is C12H12N2O3. The molecule has 17 heavy (non-hydrogen) atoms. The predicted molar refractivity (Wildman–Crippen MR) is 63.1 cm³/mol. The molecule has 0 amide bonds. The van der Waals surface area contributed by atoms with Crippen LogP contribution in [0.4, 0.5) is 0 Å². The SMILES string of the molecule is CCn1c(=O)c(C)nc2cc(OC=O)ccc21. The summed E-state index contributed by atoms with van der Waals surface area (Å²) in [6.07, 6.45) is 0. The van der Waals surface area contributed by atoms with E-state index in [9.17, 15) is 9.59 Å². The summed E-state index contributed by atoms with van der Waals surface area (Å²) < 4.78 is 6.39. The lowest BCUT2D eigenvalue weighted by molar-refractivity contribution is -0.120. The van der Waals surface area contributed by atoms with E-state index in [4.69, 9.17) is 4.74 Å². The highest BCUT2D eigenvalue weighted by Gasteiger charge is 2.07. The molecule has 0 radical (unpaired) electrons. The van der Waals surface area contributed by atoms with Crippen molar-refractivity contribution in [3.8, 4) is 5.75 Å². The number of nitrogens with zero attached hydrogens (tertiary/aromatic N) is 2. The molecule has 0 unspecified atom stereocenters.